The Morgan fingerprint density at radius 1 is 0.618 bits per heavy atom. The molecule has 0 saturated carbocycles. The third-order valence-electron chi connectivity index (χ3n) is 5.30. The average Bonchev–Trinajstić information content (AvgIpc) is 2.84. The van der Waals surface area contributed by atoms with Gasteiger partial charge in [-0.2, -0.15) is 0 Å². The van der Waals surface area contributed by atoms with E-state index in [1.807, 2.05) is 24.3 Å². The van der Waals surface area contributed by atoms with Crippen LogP contribution >= 0.6 is 0 Å². The fourth-order valence-electron chi connectivity index (χ4n) is 3.40. The molecule has 0 atom stereocenters. The summed E-state index contributed by atoms with van der Waals surface area (Å²) in [5.41, 5.74) is 5.99. The van der Waals surface area contributed by atoms with Crippen molar-refractivity contribution in [3.8, 4) is 17.2 Å². The van der Waals surface area contributed by atoms with Crippen LogP contribution in [0.15, 0.2) is 109 Å². The lowest BCUT2D eigenvalue weighted by molar-refractivity contribution is -0.130. The van der Waals surface area contributed by atoms with Crippen molar-refractivity contribution >= 4 is 23.0 Å². The van der Waals surface area contributed by atoms with Gasteiger partial charge in [-0.05, 0) is 93.6 Å². The summed E-state index contributed by atoms with van der Waals surface area (Å²) in [6, 6.07) is 31.9. The first-order chi connectivity index (χ1) is 16.4. The van der Waals surface area contributed by atoms with Crippen LogP contribution in [0.1, 0.15) is 18.1 Å². The minimum absolute atomic E-state index is 0.353. The molecule has 0 aliphatic heterocycles. The van der Waals surface area contributed by atoms with Gasteiger partial charge in [0.2, 0.25) is 0 Å². The van der Waals surface area contributed by atoms with Crippen LogP contribution in [0.4, 0.5) is 17.1 Å². The van der Waals surface area contributed by atoms with Gasteiger partial charge in [0.25, 0.3) is 0 Å². The average molecular weight is 450 g/mol. The van der Waals surface area contributed by atoms with E-state index < -0.39 is 5.97 Å². The second-order valence-electron chi connectivity index (χ2n) is 8.24. The maximum atomic E-state index is 11.7. The summed E-state index contributed by atoms with van der Waals surface area (Å²) >= 11 is 0. The molecule has 4 nitrogen and oxygen atoms in total. The first-order valence-corrected chi connectivity index (χ1v) is 11.1. The van der Waals surface area contributed by atoms with Gasteiger partial charge in [0, 0.05) is 22.6 Å². The van der Waals surface area contributed by atoms with Crippen molar-refractivity contribution in [1.82, 2.24) is 0 Å². The predicted molar refractivity (Wildman–Crippen MR) is 138 cm³/mol. The Balaban J connectivity index is 1.54. The molecule has 170 valence electrons. The molecule has 0 unspecified atom stereocenters. The molecule has 34 heavy (non-hydrogen) atoms. The number of anilines is 3. The van der Waals surface area contributed by atoms with Crippen molar-refractivity contribution in [2.45, 2.75) is 20.8 Å². The van der Waals surface area contributed by atoms with Crippen molar-refractivity contribution < 1.29 is 14.3 Å². The normalized spacial score (nSPS) is 10.4. The van der Waals surface area contributed by atoms with Gasteiger partial charge in [-0.3, -0.25) is 0 Å². The van der Waals surface area contributed by atoms with Crippen LogP contribution in [0.5, 0.6) is 17.2 Å². The highest BCUT2D eigenvalue weighted by atomic mass is 16.5. The Morgan fingerprint density at radius 3 is 1.38 bits per heavy atom. The van der Waals surface area contributed by atoms with Gasteiger partial charge in [0.15, 0.2) is 0 Å². The zero-order valence-electron chi connectivity index (χ0n) is 19.6. The fourth-order valence-corrected chi connectivity index (χ4v) is 3.40. The standard InChI is InChI=1S/C30H27NO3/c1-21(2)30(32)34-29-19-17-28(18-20-29)33-27-15-13-26(14-16-27)31(24-9-5-22(3)6-10-24)25-11-7-23(4)8-12-25/h5-20H,1H2,2-4H3. The Kier molecular flexibility index (Phi) is 6.79. The second-order valence-corrected chi connectivity index (χ2v) is 8.24. The zero-order chi connectivity index (χ0) is 24.1. The van der Waals surface area contributed by atoms with Crippen LogP contribution in [0.25, 0.3) is 0 Å². The largest absolute Gasteiger partial charge is 0.457 e. The number of aryl methyl sites for hydroxylation is 2. The molecule has 0 radical (unpaired) electrons. The quantitative estimate of drug-likeness (QED) is 0.163. The Hall–Kier alpha value is -4.31. The van der Waals surface area contributed by atoms with Crippen molar-refractivity contribution in [3.05, 3.63) is 120 Å². The molecule has 4 aromatic carbocycles. The number of carbonyl (C=O) groups excluding carboxylic acids is 1. The molecule has 0 fully saturated rings. The number of ether oxygens (including phenoxy) is 2. The summed E-state index contributed by atoms with van der Waals surface area (Å²) in [5.74, 6) is 1.36. The monoisotopic (exact) mass is 449 g/mol. The molecule has 4 aromatic rings. The number of rotatable bonds is 7. The maximum Gasteiger partial charge on any atom is 0.338 e. The lowest BCUT2D eigenvalue weighted by Crippen LogP contribution is -2.09. The van der Waals surface area contributed by atoms with Gasteiger partial charge in [0.1, 0.15) is 17.2 Å². The molecule has 0 aliphatic carbocycles. The maximum absolute atomic E-state index is 11.7. The van der Waals surface area contributed by atoms with E-state index in [0.29, 0.717) is 22.8 Å². The van der Waals surface area contributed by atoms with Gasteiger partial charge in [-0.1, -0.05) is 42.0 Å². The minimum Gasteiger partial charge on any atom is -0.457 e. The Bertz CT molecular complexity index is 1230. The molecule has 0 aliphatic rings. The molecule has 0 bridgehead atoms. The summed E-state index contributed by atoms with van der Waals surface area (Å²) in [5, 5.41) is 0. The summed E-state index contributed by atoms with van der Waals surface area (Å²) in [7, 11) is 0. The van der Waals surface area contributed by atoms with Crippen LogP contribution in [-0.2, 0) is 4.79 Å². The number of nitrogens with zero attached hydrogens (tertiary/aromatic N) is 1. The van der Waals surface area contributed by atoms with Gasteiger partial charge >= 0.3 is 5.97 Å². The van der Waals surface area contributed by atoms with Gasteiger partial charge in [0.05, 0.1) is 0 Å². The molecular weight excluding hydrogens is 422 g/mol. The van der Waals surface area contributed by atoms with Crippen molar-refractivity contribution in [2.24, 2.45) is 0 Å². The highest BCUT2D eigenvalue weighted by Gasteiger charge is 2.13. The Morgan fingerprint density at radius 2 is 0.971 bits per heavy atom. The second kappa shape index (κ2) is 10.1. The molecule has 0 N–H and O–H groups in total. The molecule has 0 amide bonds. The first-order valence-electron chi connectivity index (χ1n) is 11.1. The molecule has 0 saturated heterocycles. The third kappa shape index (κ3) is 5.54. The molecule has 0 spiro atoms. The highest BCUT2D eigenvalue weighted by Crippen LogP contribution is 2.36. The third-order valence-corrected chi connectivity index (χ3v) is 5.30. The lowest BCUT2D eigenvalue weighted by atomic mass is 10.1. The number of carbonyl (C=O) groups is 1. The SMILES string of the molecule is C=C(C)C(=O)Oc1ccc(Oc2ccc(N(c3ccc(C)cc3)c3ccc(C)cc3)cc2)cc1. The van der Waals surface area contributed by atoms with E-state index in [2.05, 4.69) is 73.9 Å². The van der Waals surface area contributed by atoms with Crippen molar-refractivity contribution in [1.29, 1.82) is 0 Å². The Labute approximate surface area is 200 Å². The number of hydrogen-bond donors (Lipinski definition) is 0. The van der Waals surface area contributed by atoms with Crippen LogP contribution in [-0.4, -0.2) is 5.97 Å². The van der Waals surface area contributed by atoms with E-state index in [4.69, 9.17) is 9.47 Å². The van der Waals surface area contributed by atoms with E-state index >= 15 is 0 Å². The summed E-state index contributed by atoms with van der Waals surface area (Å²) < 4.78 is 11.2. The van der Waals surface area contributed by atoms with Crippen LogP contribution in [0.2, 0.25) is 0 Å². The van der Waals surface area contributed by atoms with Gasteiger partial charge < -0.3 is 14.4 Å². The smallest absolute Gasteiger partial charge is 0.338 e. The first kappa shape index (κ1) is 22.9. The molecule has 0 aromatic heterocycles. The molecular formula is C30H27NO3. The molecule has 4 rings (SSSR count). The van der Waals surface area contributed by atoms with E-state index in [1.165, 1.54) is 11.1 Å². The summed E-state index contributed by atoms with van der Waals surface area (Å²) in [4.78, 5) is 13.9. The van der Waals surface area contributed by atoms with Crippen molar-refractivity contribution in [3.63, 3.8) is 0 Å². The van der Waals surface area contributed by atoms with E-state index in [0.717, 1.165) is 17.1 Å². The number of esters is 1. The number of benzene rings is 4. The molecule has 4 heteroatoms. The van der Waals surface area contributed by atoms with Crippen LogP contribution in [0.3, 0.4) is 0 Å². The van der Waals surface area contributed by atoms with Crippen molar-refractivity contribution in [2.75, 3.05) is 4.90 Å². The van der Waals surface area contributed by atoms with E-state index in [1.54, 1.807) is 31.2 Å². The van der Waals surface area contributed by atoms with Crippen LogP contribution in [0, 0.1) is 13.8 Å². The molecule has 0 heterocycles. The van der Waals surface area contributed by atoms with Gasteiger partial charge in [-0.25, -0.2) is 4.79 Å². The summed E-state index contributed by atoms with van der Waals surface area (Å²) in [6.45, 7) is 9.37. The topological polar surface area (TPSA) is 38.8 Å². The van der Waals surface area contributed by atoms with E-state index in [9.17, 15) is 4.79 Å². The number of hydrogen-bond acceptors (Lipinski definition) is 4. The van der Waals surface area contributed by atoms with Crippen LogP contribution < -0.4 is 14.4 Å². The van der Waals surface area contributed by atoms with Gasteiger partial charge in [-0.15, -0.1) is 0 Å². The zero-order valence-corrected chi connectivity index (χ0v) is 19.6. The fraction of sp³-hybridized carbons (Fsp3) is 0.100. The predicted octanol–water partition coefficient (Wildman–Crippen LogP) is 8.05. The minimum atomic E-state index is -0.448. The lowest BCUT2D eigenvalue weighted by Gasteiger charge is -2.26. The van der Waals surface area contributed by atoms with E-state index in [-0.39, 0.29) is 0 Å². The summed E-state index contributed by atoms with van der Waals surface area (Å²) in [6.07, 6.45) is 0. The highest BCUT2D eigenvalue weighted by molar-refractivity contribution is 5.88.